The lowest BCUT2D eigenvalue weighted by Gasteiger charge is -2.35. The molecule has 0 aliphatic rings. The van der Waals surface area contributed by atoms with Crippen LogP contribution in [0.1, 0.15) is 51.4 Å². The van der Waals surface area contributed by atoms with Crippen molar-refractivity contribution in [3.05, 3.63) is 103 Å². The summed E-state index contributed by atoms with van der Waals surface area (Å²) in [6.45, 7) is 6.67. The van der Waals surface area contributed by atoms with Crippen molar-refractivity contribution < 1.29 is 14.3 Å². The van der Waals surface area contributed by atoms with Crippen molar-refractivity contribution in [2.45, 2.75) is 33.4 Å². The molecule has 10 heteroatoms. The highest BCUT2D eigenvalue weighted by Gasteiger charge is 2.33. The summed E-state index contributed by atoms with van der Waals surface area (Å²) in [6.07, 6.45) is 2.57. The van der Waals surface area contributed by atoms with Gasteiger partial charge in [-0.3, -0.25) is 14.2 Å². The van der Waals surface area contributed by atoms with E-state index in [4.69, 9.17) is 26.7 Å². The van der Waals surface area contributed by atoms with Gasteiger partial charge in [0.25, 0.3) is 11.5 Å². The summed E-state index contributed by atoms with van der Waals surface area (Å²) in [7, 11) is 0. The van der Waals surface area contributed by atoms with Crippen molar-refractivity contribution in [3.8, 4) is 0 Å². The second-order valence-electron chi connectivity index (χ2n) is 10.2. The van der Waals surface area contributed by atoms with Crippen LogP contribution >= 0.6 is 22.9 Å². The Kier molecular flexibility index (Phi) is 8.30. The first-order chi connectivity index (χ1) is 19.7. The van der Waals surface area contributed by atoms with Gasteiger partial charge in [0, 0.05) is 38.8 Å². The van der Waals surface area contributed by atoms with Gasteiger partial charge in [-0.2, -0.15) is 0 Å². The number of aromatic nitrogens is 2. The van der Waals surface area contributed by atoms with Gasteiger partial charge in [0.05, 0.1) is 18.8 Å². The van der Waals surface area contributed by atoms with E-state index < -0.39 is 6.04 Å². The minimum absolute atomic E-state index is 0.121. The average Bonchev–Trinajstić information content (AvgIpc) is 3.54. The number of furan rings is 1. The molecule has 3 aromatic heterocycles. The molecule has 5 rings (SSSR count). The Morgan fingerprint density at radius 2 is 1.95 bits per heavy atom. The molecule has 1 atom stereocenters. The summed E-state index contributed by atoms with van der Waals surface area (Å²) in [5.74, 6) is 0.118. The van der Waals surface area contributed by atoms with E-state index in [1.54, 1.807) is 45.9 Å². The molecule has 8 nitrogen and oxygen atoms in total. The number of benzene rings is 2. The minimum atomic E-state index is -0.578. The lowest BCUT2D eigenvalue weighted by molar-refractivity contribution is 0.0612. The van der Waals surface area contributed by atoms with E-state index in [1.807, 2.05) is 45.0 Å². The molecule has 2 aromatic carbocycles. The van der Waals surface area contributed by atoms with Crippen LogP contribution in [0.5, 0.6) is 0 Å². The Hall–Kier alpha value is -3.92. The molecule has 1 unspecified atom stereocenters. The Morgan fingerprint density at radius 3 is 2.63 bits per heavy atom. The molecule has 0 fully saturated rings. The van der Waals surface area contributed by atoms with Crippen LogP contribution in [0.2, 0.25) is 5.02 Å². The second kappa shape index (κ2) is 11.9. The van der Waals surface area contributed by atoms with Crippen molar-refractivity contribution in [3.63, 3.8) is 0 Å². The van der Waals surface area contributed by atoms with Crippen LogP contribution in [-0.4, -0.2) is 38.6 Å². The van der Waals surface area contributed by atoms with Gasteiger partial charge in [0.1, 0.15) is 16.9 Å². The summed E-state index contributed by atoms with van der Waals surface area (Å²) in [4.78, 5) is 36.6. The molecule has 0 spiro atoms. The smallest absolute Gasteiger partial charge is 0.297 e. The van der Waals surface area contributed by atoms with Crippen LogP contribution in [0, 0.1) is 12.8 Å². The fourth-order valence-corrected chi connectivity index (χ4v) is 6.13. The Balaban J connectivity index is 1.75. The number of aryl methyl sites for hydroxylation is 1. The quantitative estimate of drug-likeness (QED) is 0.188. The molecule has 3 N–H and O–H groups in total. The molecule has 0 radical (unpaired) electrons. The number of hydrogen-bond donors (Lipinski definition) is 2. The van der Waals surface area contributed by atoms with Gasteiger partial charge in [-0.15, -0.1) is 11.3 Å². The number of halogens is 1. The Bertz CT molecular complexity index is 1800. The van der Waals surface area contributed by atoms with Gasteiger partial charge in [-0.25, -0.2) is 4.98 Å². The minimum Gasteiger partial charge on any atom is -0.516 e. The highest BCUT2D eigenvalue weighted by molar-refractivity contribution is 7.12. The molecular weight excluding hydrogens is 560 g/mol. The molecule has 0 bridgehead atoms. The summed E-state index contributed by atoms with van der Waals surface area (Å²) < 4.78 is 7.58. The summed E-state index contributed by atoms with van der Waals surface area (Å²) in [5, 5.41) is 10.3. The first kappa shape index (κ1) is 28.6. The van der Waals surface area contributed by atoms with Gasteiger partial charge in [0.15, 0.2) is 0 Å². The van der Waals surface area contributed by atoms with Gasteiger partial charge >= 0.3 is 0 Å². The number of nitrogens with two attached hydrogens (primary N) is 1. The predicted octanol–water partition coefficient (Wildman–Crippen LogP) is 6.54. The van der Waals surface area contributed by atoms with Crippen molar-refractivity contribution >= 4 is 57.0 Å². The number of hydrogen-bond acceptors (Lipinski definition) is 7. The highest BCUT2D eigenvalue weighted by atomic mass is 35.5. The summed E-state index contributed by atoms with van der Waals surface area (Å²) >= 11 is 7.75. The van der Waals surface area contributed by atoms with E-state index in [0.29, 0.717) is 32.9 Å². The van der Waals surface area contributed by atoms with Crippen molar-refractivity contribution in [2.75, 3.05) is 13.1 Å². The fraction of sp³-hybridized carbons (Fsp3) is 0.258. The maximum absolute atomic E-state index is 14.1. The van der Waals surface area contributed by atoms with Crippen molar-refractivity contribution in [1.82, 2.24) is 14.5 Å². The van der Waals surface area contributed by atoms with Crippen molar-refractivity contribution in [1.29, 1.82) is 0 Å². The van der Waals surface area contributed by atoms with Crippen LogP contribution in [0.25, 0.3) is 28.1 Å². The van der Waals surface area contributed by atoms with Gasteiger partial charge in [-0.05, 0) is 61.4 Å². The van der Waals surface area contributed by atoms with E-state index in [2.05, 4.69) is 0 Å². The third-order valence-electron chi connectivity index (χ3n) is 6.96. The number of nitrogens with zero attached hydrogens (tertiary/aromatic N) is 3. The average molecular weight is 591 g/mol. The van der Waals surface area contributed by atoms with Crippen LogP contribution in [0.3, 0.4) is 0 Å². The first-order valence-electron chi connectivity index (χ1n) is 13.3. The highest BCUT2D eigenvalue weighted by Crippen LogP contribution is 2.33. The molecule has 0 saturated heterocycles. The van der Waals surface area contributed by atoms with Crippen LogP contribution in [0.15, 0.2) is 70.1 Å². The largest absolute Gasteiger partial charge is 0.516 e. The van der Waals surface area contributed by atoms with E-state index in [1.165, 1.54) is 11.3 Å². The lowest BCUT2D eigenvalue weighted by Crippen LogP contribution is -2.43. The molecule has 41 heavy (non-hydrogen) atoms. The van der Waals surface area contributed by atoms with E-state index >= 15 is 0 Å². The summed E-state index contributed by atoms with van der Waals surface area (Å²) in [6, 6.07) is 15.7. The molecule has 0 aliphatic carbocycles. The second-order valence-corrected chi connectivity index (χ2v) is 11.9. The molecule has 0 aliphatic heterocycles. The number of carbonyl (C=O) groups is 1. The lowest BCUT2D eigenvalue weighted by atomic mass is 9.99. The first-order valence-corrected chi connectivity index (χ1v) is 14.5. The zero-order valence-electron chi connectivity index (χ0n) is 23.0. The van der Waals surface area contributed by atoms with Gasteiger partial charge in [-0.1, -0.05) is 43.1 Å². The maximum Gasteiger partial charge on any atom is 0.297 e. The molecule has 3 heterocycles. The van der Waals surface area contributed by atoms with E-state index in [-0.39, 0.29) is 42.6 Å². The van der Waals surface area contributed by atoms with Crippen LogP contribution in [0.4, 0.5) is 0 Å². The number of thiophene rings is 1. The SMILES string of the molecule is Cc1ccc(C(=O)N(CCN)C(c2nc3c(oc4ccc(Cl)cc43)c(=O)n2Cc2ccc(/C=C/O)s2)C(C)C)cc1. The number of amides is 1. The summed E-state index contributed by atoms with van der Waals surface area (Å²) in [5.41, 5.74) is 8.28. The van der Waals surface area contributed by atoms with E-state index in [0.717, 1.165) is 21.6 Å². The third-order valence-corrected chi connectivity index (χ3v) is 8.23. The maximum atomic E-state index is 14.1. The predicted molar refractivity (Wildman–Crippen MR) is 165 cm³/mol. The Morgan fingerprint density at radius 1 is 1.20 bits per heavy atom. The van der Waals surface area contributed by atoms with E-state index in [9.17, 15) is 14.7 Å². The number of aliphatic hydroxyl groups is 1. The molecular formula is C31H31ClN4O4S. The zero-order valence-corrected chi connectivity index (χ0v) is 24.6. The standard InChI is InChI=1S/C31H31ClN4O4S/c1-18(2)27(35(14-13-33)30(38)20-6-4-19(3)5-7-20)29-34-26-24-16-21(32)8-11-25(24)40-28(26)31(39)36(29)17-23-10-9-22(41-23)12-15-37/h4-12,15-16,18,27,37H,13-14,17,33H2,1-3H3/b15-12+. The van der Waals surface area contributed by atoms with Crippen LogP contribution < -0.4 is 11.3 Å². The number of rotatable bonds is 9. The number of aliphatic hydroxyl groups excluding tert-OH is 1. The zero-order chi connectivity index (χ0) is 29.3. The van der Waals surface area contributed by atoms with Gasteiger partial charge < -0.3 is 20.2 Å². The van der Waals surface area contributed by atoms with Gasteiger partial charge in [0.2, 0.25) is 5.58 Å². The van der Waals surface area contributed by atoms with Crippen molar-refractivity contribution in [2.24, 2.45) is 11.7 Å². The topological polar surface area (TPSA) is 115 Å². The molecule has 1 amide bonds. The normalized spacial score (nSPS) is 12.6. The fourth-order valence-electron chi connectivity index (χ4n) is 5.06. The molecule has 5 aromatic rings. The monoisotopic (exact) mass is 590 g/mol. The molecule has 0 saturated carbocycles. The van der Waals surface area contributed by atoms with Crippen LogP contribution in [-0.2, 0) is 6.54 Å². The third kappa shape index (κ3) is 5.66. The molecule has 212 valence electrons. The number of carbonyl (C=O) groups excluding carboxylic acids is 1. The number of fused-ring (bicyclic) bond motifs is 3. The Labute approximate surface area is 246 Å².